The third-order valence-corrected chi connectivity index (χ3v) is 5.25. The van der Waals surface area contributed by atoms with Crippen molar-refractivity contribution < 1.29 is 4.74 Å². The topological polar surface area (TPSA) is 56.8 Å². The van der Waals surface area contributed by atoms with Crippen LogP contribution in [0.2, 0.25) is 0 Å². The minimum atomic E-state index is 0.361. The van der Waals surface area contributed by atoms with Crippen LogP contribution in [0.5, 0.6) is 5.75 Å². The Balaban J connectivity index is 2.08. The Hall–Kier alpha value is -4.08. The number of methoxy groups -OCH3 is 1. The predicted molar refractivity (Wildman–Crippen MR) is 117 cm³/mol. The summed E-state index contributed by atoms with van der Waals surface area (Å²) in [4.78, 5) is 0. The maximum atomic E-state index is 10.1. The van der Waals surface area contributed by atoms with Gasteiger partial charge in [0.05, 0.1) is 18.3 Å². The molecule has 0 fully saturated rings. The van der Waals surface area contributed by atoms with Crippen molar-refractivity contribution in [1.82, 2.24) is 0 Å². The molecule has 0 saturated heterocycles. The van der Waals surface area contributed by atoms with Gasteiger partial charge in [-0.3, -0.25) is 0 Å². The first-order valence-corrected chi connectivity index (χ1v) is 9.29. The van der Waals surface area contributed by atoms with E-state index in [4.69, 9.17) is 4.74 Å². The summed E-state index contributed by atoms with van der Waals surface area (Å²) >= 11 is 0. The van der Waals surface area contributed by atoms with E-state index in [2.05, 4.69) is 12.1 Å². The summed E-state index contributed by atoms with van der Waals surface area (Å²) in [5, 5.41) is 24.0. The molecule has 0 aliphatic carbocycles. The van der Waals surface area contributed by atoms with Crippen LogP contribution in [-0.4, -0.2) is 7.11 Å². The molecule has 0 aliphatic heterocycles. The highest BCUT2D eigenvalue weighted by atomic mass is 16.5. The lowest BCUT2D eigenvalue weighted by atomic mass is 9.89. The van der Waals surface area contributed by atoms with Crippen LogP contribution in [0.1, 0.15) is 16.7 Å². The molecule has 0 spiro atoms. The Kier molecular flexibility index (Phi) is 4.73. The standard InChI is InChI=1S/C26H18N2O/c1-17-7-3-9-19-18(17)8-4-10-21(19)24(15-27)25(16-28)22-11-5-13-23-20(22)12-6-14-26(23)29-2/h3-14H,1-2H3/b25-24+. The first kappa shape index (κ1) is 18.3. The van der Waals surface area contributed by atoms with Crippen LogP contribution in [0, 0.1) is 29.6 Å². The summed E-state index contributed by atoms with van der Waals surface area (Å²) in [5.41, 5.74) is 3.37. The second kappa shape index (κ2) is 7.50. The normalized spacial score (nSPS) is 11.6. The Morgan fingerprint density at radius 2 is 1.14 bits per heavy atom. The van der Waals surface area contributed by atoms with Crippen molar-refractivity contribution in [2.45, 2.75) is 6.92 Å². The number of ether oxygens (including phenoxy) is 1. The highest BCUT2D eigenvalue weighted by Crippen LogP contribution is 2.36. The predicted octanol–water partition coefficient (Wildman–Crippen LogP) is 6.27. The lowest BCUT2D eigenvalue weighted by molar-refractivity contribution is 0.420. The fourth-order valence-electron chi connectivity index (χ4n) is 3.86. The molecule has 0 aliphatic rings. The highest BCUT2D eigenvalue weighted by Gasteiger charge is 2.17. The second-order valence-corrected chi connectivity index (χ2v) is 6.81. The van der Waals surface area contributed by atoms with Gasteiger partial charge in [0.25, 0.3) is 0 Å². The number of rotatable bonds is 3. The molecule has 3 nitrogen and oxygen atoms in total. The van der Waals surface area contributed by atoms with E-state index < -0.39 is 0 Å². The van der Waals surface area contributed by atoms with E-state index in [-0.39, 0.29) is 0 Å². The summed E-state index contributed by atoms with van der Waals surface area (Å²) in [6.45, 7) is 2.05. The van der Waals surface area contributed by atoms with Gasteiger partial charge in [-0.15, -0.1) is 0 Å². The smallest absolute Gasteiger partial charge is 0.126 e. The summed E-state index contributed by atoms with van der Waals surface area (Å²) in [6.07, 6.45) is 0. The minimum Gasteiger partial charge on any atom is -0.496 e. The Bertz CT molecular complexity index is 1370. The molecule has 0 bridgehead atoms. The van der Waals surface area contributed by atoms with Gasteiger partial charge in [-0.25, -0.2) is 0 Å². The van der Waals surface area contributed by atoms with Gasteiger partial charge in [0.1, 0.15) is 17.9 Å². The molecule has 4 aromatic carbocycles. The van der Waals surface area contributed by atoms with Gasteiger partial charge in [0.2, 0.25) is 0 Å². The molecule has 138 valence electrons. The van der Waals surface area contributed by atoms with E-state index in [1.807, 2.05) is 79.7 Å². The number of allylic oxidation sites excluding steroid dienone is 2. The molecule has 0 aromatic heterocycles. The van der Waals surface area contributed by atoms with Gasteiger partial charge in [-0.2, -0.15) is 10.5 Å². The molecule has 0 heterocycles. The first-order valence-electron chi connectivity index (χ1n) is 9.29. The molecule has 0 unspecified atom stereocenters. The van der Waals surface area contributed by atoms with Gasteiger partial charge in [-0.05, 0) is 34.7 Å². The number of nitriles is 2. The van der Waals surface area contributed by atoms with Crippen LogP contribution in [-0.2, 0) is 0 Å². The summed E-state index contributed by atoms with van der Waals surface area (Å²) in [5.74, 6) is 0.737. The van der Waals surface area contributed by atoms with Gasteiger partial charge in [0.15, 0.2) is 0 Å². The quantitative estimate of drug-likeness (QED) is 0.314. The van der Waals surface area contributed by atoms with Crippen LogP contribution in [0.4, 0.5) is 0 Å². The van der Waals surface area contributed by atoms with Gasteiger partial charge >= 0.3 is 0 Å². The zero-order valence-corrected chi connectivity index (χ0v) is 16.2. The van der Waals surface area contributed by atoms with Crippen LogP contribution in [0.15, 0.2) is 72.8 Å². The van der Waals surface area contributed by atoms with Crippen molar-refractivity contribution in [2.75, 3.05) is 7.11 Å². The molecule has 0 N–H and O–H groups in total. The number of fused-ring (bicyclic) bond motifs is 2. The van der Waals surface area contributed by atoms with Gasteiger partial charge in [-0.1, -0.05) is 66.7 Å². The van der Waals surface area contributed by atoms with Crippen molar-refractivity contribution in [1.29, 1.82) is 10.5 Å². The van der Waals surface area contributed by atoms with E-state index in [1.54, 1.807) is 7.11 Å². The summed E-state index contributed by atoms with van der Waals surface area (Å²) in [6, 6.07) is 28.0. The lowest BCUT2D eigenvalue weighted by Gasteiger charge is -2.12. The van der Waals surface area contributed by atoms with Crippen molar-refractivity contribution in [3.63, 3.8) is 0 Å². The number of hydrogen-bond donors (Lipinski definition) is 0. The maximum Gasteiger partial charge on any atom is 0.126 e. The third-order valence-electron chi connectivity index (χ3n) is 5.25. The van der Waals surface area contributed by atoms with Crippen LogP contribution in [0.25, 0.3) is 32.7 Å². The fraction of sp³-hybridized carbons (Fsp3) is 0.0769. The van der Waals surface area contributed by atoms with Gasteiger partial charge < -0.3 is 4.74 Å². The van der Waals surface area contributed by atoms with Crippen LogP contribution in [0.3, 0.4) is 0 Å². The number of nitrogens with zero attached hydrogens (tertiary/aromatic N) is 2. The Morgan fingerprint density at radius 1 is 0.655 bits per heavy atom. The Morgan fingerprint density at radius 3 is 1.72 bits per heavy atom. The molecule has 3 heteroatoms. The van der Waals surface area contributed by atoms with E-state index in [0.717, 1.165) is 44.0 Å². The lowest BCUT2D eigenvalue weighted by Crippen LogP contribution is -1.94. The average molecular weight is 374 g/mol. The van der Waals surface area contributed by atoms with Crippen LogP contribution < -0.4 is 4.74 Å². The van der Waals surface area contributed by atoms with Crippen LogP contribution >= 0.6 is 0 Å². The molecule has 4 rings (SSSR count). The van der Waals surface area contributed by atoms with Crippen molar-refractivity contribution in [3.8, 4) is 17.9 Å². The van der Waals surface area contributed by atoms with E-state index in [1.165, 1.54) is 0 Å². The average Bonchev–Trinajstić information content (AvgIpc) is 2.77. The molecular formula is C26H18N2O. The molecule has 0 radical (unpaired) electrons. The minimum absolute atomic E-state index is 0.361. The first-order chi connectivity index (χ1) is 14.2. The maximum absolute atomic E-state index is 10.1. The monoisotopic (exact) mass is 374 g/mol. The second-order valence-electron chi connectivity index (χ2n) is 6.81. The molecule has 0 saturated carbocycles. The highest BCUT2D eigenvalue weighted by molar-refractivity contribution is 6.13. The van der Waals surface area contributed by atoms with Gasteiger partial charge in [0, 0.05) is 16.5 Å². The van der Waals surface area contributed by atoms with Crippen molar-refractivity contribution in [2.24, 2.45) is 0 Å². The largest absolute Gasteiger partial charge is 0.496 e. The van der Waals surface area contributed by atoms with E-state index >= 15 is 0 Å². The molecule has 0 amide bonds. The fourth-order valence-corrected chi connectivity index (χ4v) is 3.86. The zero-order chi connectivity index (χ0) is 20.4. The summed E-state index contributed by atoms with van der Waals surface area (Å²) < 4.78 is 5.47. The Labute approximate surface area is 169 Å². The number of hydrogen-bond acceptors (Lipinski definition) is 3. The zero-order valence-electron chi connectivity index (χ0n) is 16.2. The SMILES string of the molecule is COc1cccc2c(/C(C#N)=C(\C#N)c3cccc4c(C)cccc34)cccc12. The number of aryl methyl sites for hydroxylation is 1. The van der Waals surface area contributed by atoms with Crippen molar-refractivity contribution >= 4 is 32.7 Å². The molecular weight excluding hydrogens is 356 g/mol. The molecule has 29 heavy (non-hydrogen) atoms. The number of benzene rings is 4. The molecule has 4 aromatic rings. The molecule has 0 atom stereocenters. The summed E-state index contributed by atoms with van der Waals surface area (Å²) in [7, 11) is 1.63. The third kappa shape index (κ3) is 3.00. The van der Waals surface area contributed by atoms with E-state index in [0.29, 0.717) is 11.1 Å². The van der Waals surface area contributed by atoms with E-state index in [9.17, 15) is 10.5 Å². The van der Waals surface area contributed by atoms with Crippen molar-refractivity contribution in [3.05, 3.63) is 89.5 Å².